The first kappa shape index (κ1) is 17.3. The van der Waals surface area contributed by atoms with Gasteiger partial charge in [0, 0.05) is 23.1 Å². The number of carbonyl (C=O) groups is 1. The van der Waals surface area contributed by atoms with Crippen molar-refractivity contribution < 1.29 is 4.79 Å². The van der Waals surface area contributed by atoms with E-state index in [9.17, 15) is 4.79 Å². The van der Waals surface area contributed by atoms with Crippen molar-refractivity contribution in [1.82, 2.24) is 4.57 Å². The minimum Gasteiger partial charge on any atom is -0.346 e. The smallest absolute Gasteiger partial charge is 0.226 e. The first-order valence-electron chi connectivity index (χ1n) is 8.28. The van der Waals surface area contributed by atoms with Crippen molar-refractivity contribution in [3.05, 3.63) is 88.7 Å². The summed E-state index contributed by atoms with van der Waals surface area (Å²) in [6, 6.07) is 17.7. The van der Waals surface area contributed by atoms with Crippen LogP contribution in [-0.4, -0.2) is 10.5 Å². The van der Waals surface area contributed by atoms with Gasteiger partial charge in [-0.3, -0.25) is 4.79 Å². The molecule has 0 saturated heterocycles. The molecule has 3 nitrogen and oxygen atoms in total. The van der Waals surface area contributed by atoms with E-state index in [0.29, 0.717) is 11.4 Å². The normalized spacial score (nSPS) is 12.0. The zero-order chi connectivity index (χ0) is 17.8. The maximum Gasteiger partial charge on any atom is 0.226 e. The highest BCUT2D eigenvalue weighted by atomic mass is 35.5. The van der Waals surface area contributed by atoms with Crippen LogP contribution in [0.2, 0.25) is 5.02 Å². The molecule has 0 fully saturated rings. The van der Waals surface area contributed by atoms with E-state index in [-0.39, 0.29) is 11.9 Å². The average Bonchev–Trinajstić information content (AvgIpc) is 3.10. The topological polar surface area (TPSA) is 34.0 Å². The van der Waals surface area contributed by atoms with Crippen LogP contribution in [0.5, 0.6) is 0 Å². The van der Waals surface area contributed by atoms with Crippen LogP contribution in [-0.2, 0) is 4.79 Å². The predicted octanol–water partition coefficient (Wildman–Crippen LogP) is 5.38. The SMILES string of the molecule is Cc1cccc([C@H](CC(=O)Nc2cc(Cl)ccc2C)n2cccc2)c1. The lowest BCUT2D eigenvalue weighted by Crippen LogP contribution is -2.20. The molecule has 0 aliphatic carbocycles. The molecule has 1 N–H and O–H groups in total. The number of nitrogens with zero attached hydrogens (tertiary/aromatic N) is 1. The number of amides is 1. The average molecular weight is 353 g/mol. The summed E-state index contributed by atoms with van der Waals surface area (Å²) in [5, 5.41) is 3.60. The van der Waals surface area contributed by atoms with Crippen molar-refractivity contribution in [2.75, 3.05) is 5.32 Å². The number of anilines is 1. The molecule has 0 saturated carbocycles. The highest BCUT2D eigenvalue weighted by molar-refractivity contribution is 6.31. The Kier molecular flexibility index (Phi) is 5.25. The van der Waals surface area contributed by atoms with E-state index in [0.717, 1.165) is 16.8 Å². The molecule has 4 heteroatoms. The summed E-state index contributed by atoms with van der Waals surface area (Å²) in [6.07, 6.45) is 4.33. The number of hydrogen-bond acceptors (Lipinski definition) is 1. The van der Waals surface area contributed by atoms with Crippen LogP contribution in [0.25, 0.3) is 0 Å². The van der Waals surface area contributed by atoms with Gasteiger partial charge >= 0.3 is 0 Å². The Balaban J connectivity index is 1.83. The Bertz CT molecular complexity index is 871. The van der Waals surface area contributed by atoms with E-state index in [1.807, 2.05) is 49.6 Å². The molecule has 3 aromatic rings. The van der Waals surface area contributed by atoms with Gasteiger partial charge in [0.05, 0.1) is 12.5 Å². The van der Waals surface area contributed by atoms with Crippen LogP contribution < -0.4 is 5.32 Å². The second-order valence-corrected chi connectivity index (χ2v) is 6.71. The van der Waals surface area contributed by atoms with E-state index < -0.39 is 0 Å². The lowest BCUT2D eigenvalue weighted by Gasteiger charge is -2.20. The molecular weight excluding hydrogens is 332 g/mol. The van der Waals surface area contributed by atoms with Crippen LogP contribution in [0, 0.1) is 13.8 Å². The molecule has 1 amide bonds. The van der Waals surface area contributed by atoms with Crippen molar-refractivity contribution in [3.8, 4) is 0 Å². The Morgan fingerprint density at radius 1 is 1.08 bits per heavy atom. The molecule has 128 valence electrons. The summed E-state index contributed by atoms with van der Waals surface area (Å²) >= 11 is 6.05. The number of aryl methyl sites for hydroxylation is 2. The number of hydrogen-bond donors (Lipinski definition) is 1. The largest absolute Gasteiger partial charge is 0.346 e. The van der Waals surface area contributed by atoms with Crippen LogP contribution >= 0.6 is 11.6 Å². The fourth-order valence-corrected chi connectivity index (χ4v) is 3.11. The zero-order valence-electron chi connectivity index (χ0n) is 14.4. The maximum atomic E-state index is 12.7. The van der Waals surface area contributed by atoms with Crippen LogP contribution in [0.15, 0.2) is 67.0 Å². The fraction of sp³-hybridized carbons (Fsp3) is 0.190. The van der Waals surface area contributed by atoms with E-state index >= 15 is 0 Å². The molecule has 0 bridgehead atoms. The van der Waals surface area contributed by atoms with E-state index in [1.165, 1.54) is 5.56 Å². The lowest BCUT2D eigenvalue weighted by atomic mass is 10.0. The van der Waals surface area contributed by atoms with Gasteiger partial charge in [-0.15, -0.1) is 0 Å². The summed E-state index contributed by atoms with van der Waals surface area (Å²) in [7, 11) is 0. The number of rotatable bonds is 5. The molecular formula is C21H21ClN2O. The Labute approximate surface area is 153 Å². The molecule has 1 aromatic heterocycles. The van der Waals surface area contributed by atoms with E-state index in [4.69, 9.17) is 11.6 Å². The molecule has 2 aromatic carbocycles. The molecule has 0 spiro atoms. The number of halogens is 1. The highest BCUT2D eigenvalue weighted by Gasteiger charge is 2.18. The fourth-order valence-electron chi connectivity index (χ4n) is 2.93. The molecule has 0 radical (unpaired) electrons. The van der Waals surface area contributed by atoms with Gasteiger partial charge in [-0.05, 0) is 49.2 Å². The summed E-state index contributed by atoms with van der Waals surface area (Å²) in [4.78, 5) is 12.7. The van der Waals surface area contributed by atoms with E-state index in [2.05, 4.69) is 35.0 Å². The van der Waals surface area contributed by atoms with Gasteiger partial charge < -0.3 is 9.88 Å². The monoisotopic (exact) mass is 352 g/mol. The van der Waals surface area contributed by atoms with Crippen molar-refractivity contribution in [1.29, 1.82) is 0 Å². The van der Waals surface area contributed by atoms with Gasteiger partial charge in [-0.25, -0.2) is 0 Å². The molecule has 25 heavy (non-hydrogen) atoms. The summed E-state index contributed by atoms with van der Waals surface area (Å²) < 4.78 is 2.07. The quantitative estimate of drug-likeness (QED) is 0.657. The second kappa shape index (κ2) is 7.58. The maximum absolute atomic E-state index is 12.7. The standard InChI is InChI=1S/C21H21ClN2O/c1-15-6-5-7-17(12-15)20(24-10-3-4-11-24)14-21(25)23-19-13-18(22)9-8-16(19)2/h3-13,20H,14H2,1-2H3,(H,23,25)/t20-/m0/s1. The second-order valence-electron chi connectivity index (χ2n) is 6.27. The Hall–Kier alpha value is -2.52. The van der Waals surface area contributed by atoms with Gasteiger partial charge in [0.25, 0.3) is 0 Å². The van der Waals surface area contributed by atoms with Gasteiger partial charge in [0.1, 0.15) is 0 Å². The third-order valence-electron chi connectivity index (χ3n) is 4.27. The Morgan fingerprint density at radius 2 is 1.84 bits per heavy atom. The van der Waals surface area contributed by atoms with Crippen molar-refractivity contribution in [2.24, 2.45) is 0 Å². The van der Waals surface area contributed by atoms with Gasteiger partial charge in [-0.2, -0.15) is 0 Å². The summed E-state index contributed by atoms with van der Waals surface area (Å²) in [6.45, 7) is 4.02. The first-order chi connectivity index (χ1) is 12.0. The lowest BCUT2D eigenvalue weighted by molar-refractivity contribution is -0.116. The van der Waals surface area contributed by atoms with Crippen LogP contribution in [0.1, 0.15) is 29.2 Å². The van der Waals surface area contributed by atoms with Crippen LogP contribution in [0.4, 0.5) is 5.69 Å². The number of benzene rings is 2. The summed E-state index contributed by atoms with van der Waals surface area (Å²) in [5.74, 6) is -0.0365. The highest BCUT2D eigenvalue weighted by Crippen LogP contribution is 2.25. The molecule has 0 aliphatic rings. The third-order valence-corrected chi connectivity index (χ3v) is 4.50. The molecule has 0 aliphatic heterocycles. The molecule has 3 rings (SSSR count). The van der Waals surface area contributed by atoms with Crippen LogP contribution in [0.3, 0.4) is 0 Å². The predicted molar refractivity (Wildman–Crippen MR) is 103 cm³/mol. The van der Waals surface area contributed by atoms with Crippen molar-refractivity contribution in [2.45, 2.75) is 26.3 Å². The first-order valence-corrected chi connectivity index (χ1v) is 8.66. The molecule has 1 atom stereocenters. The van der Waals surface area contributed by atoms with Crippen molar-refractivity contribution >= 4 is 23.2 Å². The minimum atomic E-state index is -0.0469. The summed E-state index contributed by atoms with van der Waals surface area (Å²) in [5.41, 5.74) is 4.05. The molecule has 1 heterocycles. The third kappa shape index (κ3) is 4.31. The Morgan fingerprint density at radius 3 is 2.56 bits per heavy atom. The van der Waals surface area contributed by atoms with Gasteiger partial charge in [0.15, 0.2) is 0 Å². The van der Waals surface area contributed by atoms with Gasteiger partial charge in [0.2, 0.25) is 5.91 Å². The number of nitrogens with one attached hydrogen (secondary N) is 1. The zero-order valence-corrected chi connectivity index (χ0v) is 15.1. The number of aromatic nitrogens is 1. The van der Waals surface area contributed by atoms with Gasteiger partial charge in [-0.1, -0.05) is 47.5 Å². The number of carbonyl (C=O) groups excluding carboxylic acids is 1. The molecule has 0 unspecified atom stereocenters. The van der Waals surface area contributed by atoms with E-state index in [1.54, 1.807) is 6.07 Å². The van der Waals surface area contributed by atoms with Crippen molar-refractivity contribution in [3.63, 3.8) is 0 Å². The minimum absolute atomic E-state index is 0.0365.